The zero-order valence-corrected chi connectivity index (χ0v) is 11.1. The van der Waals surface area contributed by atoms with E-state index in [-0.39, 0.29) is 0 Å². The van der Waals surface area contributed by atoms with Crippen LogP contribution in [-0.2, 0) is 0 Å². The molecule has 13 heavy (non-hydrogen) atoms. The molecule has 0 bridgehead atoms. The molecule has 0 aromatic rings. The molecule has 0 spiro atoms. The molecule has 0 rings (SSSR count). The summed E-state index contributed by atoms with van der Waals surface area (Å²) >= 11 is 0. The summed E-state index contributed by atoms with van der Waals surface area (Å²) < 4.78 is 0. The summed E-state index contributed by atoms with van der Waals surface area (Å²) in [5.74, 6) is 0. The summed E-state index contributed by atoms with van der Waals surface area (Å²) in [6, 6.07) is 1.29. The highest BCUT2D eigenvalue weighted by Crippen LogP contribution is 2.12. The summed E-state index contributed by atoms with van der Waals surface area (Å²) in [4.78, 5) is 2.56. The fraction of sp³-hybridized carbons (Fsp3) is 0.818. The van der Waals surface area contributed by atoms with Gasteiger partial charge in [-0.25, -0.2) is 0 Å². The van der Waals surface area contributed by atoms with Crippen molar-refractivity contribution in [2.24, 2.45) is 0 Å². The van der Waals surface area contributed by atoms with Crippen LogP contribution in [0.5, 0.6) is 0 Å². The van der Waals surface area contributed by atoms with Crippen molar-refractivity contribution in [3.05, 3.63) is 12.3 Å². The molecule has 0 saturated carbocycles. The van der Waals surface area contributed by atoms with Crippen molar-refractivity contribution in [2.45, 2.75) is 52.9 Å². The Morgan fingerprint density at radius 1 is 1.15 bits per heavy atom. The maximum absolute atomic E-state index is 3.94. The van der Waals surface area contributed by atoms with Gasteiger partial charge >= 0.3 is 0 Å². The van der Waals surface area contributed by atoms with Crippen molar-refractivity contribution in [1.82, 2.24) is 4.90 Å². The van der Waals surface area contributed by atoms with Crippen LogP contribution in [0.2, 0.25) is 13.1 Å². The Kier molecular flexibility index (Phi) is 4.93. The third-order valence-corrected chi connectivity index (χ3v) is 4.75. The molecule has 0 heterocycles. The predicted octanol–water partition coefficient (Wildman–Crippen LogP) is 3.08. The normalized spacial score (nSPS) is 13.0. The highest BCUT2D eigenvalue weighted by Gasteiger charge is 2.23. The number of hydrogen-bond donors (Lipinski definition) is 0. The third-order valence-electron chi connectivity index (χ3n) is 2.47. The third kappa shape index (κ3) is 4.63. The van der Waals surface area contributed by atoms with Crippen molar-refractivity contribution >= 4 is 8.07 Å². The molecule has 0 saturated heterocycles. The second kappa shape index (κ2) is 4.96. The topological polar surface area (TPSA) is 3.24 Å². The highest BCUT2D eigenvalue weighted by molar-refractivity contribution is 6.82. The molecule has 0 aliphatic rings. The quantitative estimate of drug-likeness (QED) is 0.615. The molecule has 0 aliphatic heterocycles. The molecule has 78 valence electrons. The lowest BCUT2D eigenvalue weighted by molar-refractivity contribution is 0.204. The highest BCUT2D eigenvalue weighted by atomic mass is 28.3. The number of nitrogens with zero attached hydrogens (tertiary/aromatic N) is 1. The van der Waals surface area contributed by atoms with Gasteiger partial charge in [0, 0.05) is 12.1 Å². The fourth-order valence-corrected chi connectivity index (χ4v) is 3.30. The minimum Gasteiger partial charge on any atom is -0.301 e. The van der Waals surface area contributed by atoms with E-state index >= 15 is 0 Å². The Labute approximate surface area is 84.8 Å². The van der Waals surface area contributed by atoms with E-state index < -0.39 is 8.07 Å². The molecule has 0 aromatic carbocycles. The van der Waals surface area contributed by atoms with Crippen molar-refractivity contribution in [2.75, 3.05) is 6.17 Å². The molecular weight excluding hydrogens is 174 g/mol. The van der Waals surface area contributed by atoms with Crippen LogP contribution in [0.3, 0.4) is 0 Å². The van der Waals surface area contributed by atoms with Crippen molar-refractivity contribution in [3.8, 4) is 0 Å². The Morgan fingerprint density at radius 2 is 1.54 bits per heavy atom. The standard InChI is InChI=1S/C11H25NSi/c1-8-13(6,7)9-12(10(2)3)11(4)5/h8,10-11H,1,9H2,2-7H3. The van der Waals surface area contributed by atoms with Gasteiger partial charge in [-0.15, -0.1) is 12.3 Å². The smallest absolute Gasteiger partial charge is 0.0854 e. The zero-order chi connectivity index (χ0) is 10.6. The molecule has 0 atom stereocenters. The summed E-state index contributed by atoms with van der Waals surface area (Å²) in [6.07, 6.45) is 1.23. The summed E-state index contributed by atoms with van der Waals surface area (Å²) in [6.45, 7) is 17.8. The van der Waals surface area contributed by atoms with Crippen LogP contribution in [0.15, 0.2) is 12.3 Å². The van der Waals surface area contributed by atoms with Gasteiger partial charge in [0.05, 0.1) is 8.07 Å². The summed E-state index contributed by atoms with van der Waals surface area (Å²) in [5.41, 5.74) is 2.19. The monoisotopic (exact) mass is 199 g/mol. The zero-order valence-electron chi connectivity index (χ0n) is 10.1. The maximum Gasteiger partial charge on any atom is 0.0854 e. The van der Waals surface area contributed by atoms with Crippen molar-refractivity contribution in [3.63, 3.8) is 0 Å². The molecule has 0 unspecified atom stereocenters. The molecule has 0 radical (unpaired) electrons. The summed E-state index contributed by atoms with van der Waals surface area (Å²) in [5, 5.41) is 0. The van der Waals surface area contributed by atoms with Crippen LogP contribution in [-0.4, -0.2) is 31.2 Å². The second-order valence-corrected chi connectivity index (χ2v) is 9.75. The van der Waals surface area contributed by atoms with Gasteiger partial charge in [0.2, 0.25) is 0 Å². The van der Waals surface area contributed by atoms with E-state index in [0.717, 1.165) is 0 Å². The lowest BCUT2D eigenvalue weighted by atomic mass is 10.2. The Bertz CT molecular complexity index is 153. The molecule has 1 nitrogen and oxygen atoms in total. The largest absolute Gasteiger partial charge is 0.301 e. The minimum absolute atomic E-state index is 0.645. The van der Waals surface area contributed by atoms with Gasteiger partial charge in [-0.05, 0) is 33.9 Å². The lowest BCUT2D eigenvalue weighted by Crippen LogP contribution is -2.47. The second-order valence-electron chi connectivity index (χ2n) is 5.05. The maximum atomic E-state index is 3.94. The van der Waals surface area contributed by atoms with E-state index in [9.17, 15) is 0 Å². The van der Waals surface area contributed by atoms with E-state index in [1.165, 1.54) is 6.17 Å². The number of rotatable bonds is 5. The lowest BCUT2D eigenvalue weighted by Gasteiger charge is -2.35. The molecule has 0 fully saturated rings. The van der Waals surface area contributed by atoms with Gasteiger partial charge in [0.1, 0.15) is 0 Å². The van der Waals surface area contributed by atoms with E-state index in [2.05, 4.69) is 58.0 Å². The minimum atomic E-state index is -1.18. The molecule has 2 heteroatoms. The van der Waals surface area contributed by atoms with Crippen LogP contribution >= 0.6 is 0 Å². The van der Waals surface area contributed by atoms with Gasteiger partial charge in [0.15, 0.2) is 0 Å². The first-order valence-corrected chi connectivity index (χ1v) is 8.48. The average Bonchev–Trinajstić information content (AvgIpc) is 1.99. The number of hydrogen-bond acceptors (Lipinski definition) is 1. The van der Waals surface area contributed by atoms with Crippen molar-refractivity contribution < 1.29 is 0 Å². The Hall–Kier alpha value is -0.0831. The Balaban J connectivity index is 4.34. The van der Waals surface area contributed by atoms with Crippen molar-refractivity contribution in [1.29, 1.82) is 0 Å². The summed E-state index contributed by atoms with van der Waals surface area (Å²) in [7, 11) is -1.18. The van der Waals surface area contributed by atoms with Gasteiger partial charge in [-0.3, -0.25) is 0 Å². The first-order valence-electron chi connectivity index (χ1n) is 5.19. The van der Waals surface area contributed by atoms with Crippen LogP contribution in [0.25, 0.3) is 0 Å². The van der Waals surface area contributed by atoms with E-state index in [1.54, 1.807) is 0 Å². The van der Waals surface area contributed by atoms with Crippen LogP contribution in [0.4, 0.5) is 0 Å². The van der Waals surface area contributed by atoms with Gasteiger partial charge in [-0.1, -0.05) is 13.1 Å². The Morgan fingerprint density at radius 3 is 1.77 bits per heavy atom. The van der Waals surface area contributed by atoms with Crippen LogP contribution < -0.4 is 0 Å². The molecule has 0 aliphatic carbocycles. The van der Waals surface area contributed by atoms with E-state index in [0.29, 0.717) is 12.1 Å². The SMILES string of the molecule is C=C[Si](C)(C)CN(C(C)C)C(C)C. The van der Waals surface area contributed by atoms with E-state index in [4.69, 9.17) is 0 Å². The average molecular weight is 199 g/mol. The fourth-order valence-electron chi connectivity index (χ4n) is 1.50. The molecule has 0 aromatic heterocycles. The van der Waals surface area contributed by atoms with Gasteiger partial charge in [0.25, 0.3) is 0 Å². The van der Waals surface area contributed by atoms with E-state index in [1.807, 2.05) is 0 Å². The molecule has 0 N–H and O–H groups in total. The van der Waals surface area contributed by atoms with Gasteiger partial charge in [-0.2, -0.15) is 0 Å². The van der Waals surface area contributed by atoms with Crippen LogP contribution in [0.1, 0.15) is 27.7 Å². The predicted molar refractivity (Wildman–Crippen MR) is 64.7 cm³/mol. The first kappa shape index (κ1) is 12.9. The molecule has 0 amide bonds. The van der Waals surface area contributed by atoms with Crippen LogP contribution in [0, 0.1) is 0 Å². The molecular formula is C11H25NSi. The first-order chi connectivity index (χ1) is 5.80. The van der Waals surface area contributed by atoms with Gasteiger partial charge < -0.3 is 4.90 Å².